The van der Waals surface area contributed by atoms with E-state index in [-0.39, 0.29) is 0 Å². The number of pyridine rings is 1. The van der Waals surface area contributed by atoms with E-state index in [1.54, 1.807) is 49.8 Å². The maximum absolute atomic E-state index is 13.0. The summed E-state index contributed by atoms with van der Waals surface area (Å²) in [7, 11) is 1.74. The molecule has 0 atom stereocenters. The van der Waals surface area contributed by atoms with E-state index in [9.17, 15) is 13.2 Å². The van der Waals surface area contributed by atoms with Crippen LogP contribution in [0.25, 0.3) is 33.4 Å². The van der Waals surface area contributed by atoms with Crippen molar-refractivity contribution in [3.63, 3.8) is 0 Å². The molecule has 4 aromatic rings. The lowest BCUT2D eigenvalue weighted by molar-refractivity contribution is -0.137. The second-order valence-corrected chi connectivity index (χ2v) is 6.20. The first-order valence-electron chi connectivity index (χ1n) is 8.53. The normalized spacial score (nSPS) is 11.6. The zero-order valence-corrected chi connectivity index (χ0v) is 14.8. The van der Waals surface area contributed by atoms with Crippen LogP contribution in [0.15, 0.2) is 67.0 Å². The molecule has 2 heterocycles. The van der Waals surface area contributed by atoms with Gasteiger partial charge < -0.3 is 5.32 Å². The van der Waals surface area contributed by atoms with Gasteiger partial charge in [-0.3, -0.25) is 4.98 Å². The van der Waals surface area contributed by atoms with Gasteiger partial charge >= 0.3 is 6.18 Å². The van der Waals surface area contributed by atoms with E-state index >= 15 is 0 Å². The zero-order chi connectivity index (χ0) is 19.7. The molecule has 4 rings (SSSR count). The van der Waals surface area contributed by atoms with Gasteiger partial charge in [-0.2, -0.15) is 13.2 Å². The molecule has 2 aromatic heterocycles. The fourth-order valence-corrected chi connectivity index (χ4v) is 3.00. The van der Waals surface area contributed by atoms with Gasteiger partial charge in [0.2, 0.25) is 0 Å². The van der Waals surface area contributed by atoms with Crippen LogP contribution in [0.2, 0.25) is 0 Å². The Kier molecular flexibility index (Phi) is 4.43. The Bertz CT molecular complexity index is 1140. The van der Waals surface area contributed by atoms with Crippen LogP contribution in [0.3, 0.4) is 0 Å². The molecule has 0 aliphatic rings. The summed E-state index contributed by atoms with van der Waals surface area (Å²) in [5.74, 6) is 1.12. The number of hydrogen-bond acceptors (Lipinski definition) is 4. The molecule has 4 nitrogen and oxygen atoms in total. The van der Waals surface area contributed by atoms with Crippen molar-refractivity contribution in [2.45, 2.75) is 6.18 Å². The first-order chi connectivity index (χ1) is 13.5. The van der Waals surface area contributed by atoms with E-state index in [0.29, 0.717) is 28.3 Å². The average Bonchev–Trinajstić information content (AvgIpc) is 2.72. The lowest BCUT2D eigenvalue weighted by Gasteiger charge is -2.11. The van der Waals surface area contributed by atoms with Crippen molar-refractivity contribution < 1.29 is 13.2 Å². The molecule has 0 fully saturated rings. The Hall–Kier alpha value is -3.48. The van der Waals surface area contributed by atoms with E-state index < -0.39 is 11.7 Å². The molecule has 0 aliphatic carbocycles. The number of benzene rings is 2. The minimum absolute atomic E-state index is 0.482. The van der Waals surface area contributed by atoms with Gasteiger partial charge in [0, 0.05) is 30.4 Å². The van der Waals surface area contributed by atoms with Gasteiger partial charge in [-0.05, 0) is 47.5 Å². The van der Waals surface area contributed by atoms with Crippen molar-refractivity contribution in [2.75, 3.05) is 12.4 Å². The van der Waals surface area contributed by atoms with Gasteiger partial charge in [0.15, 0.2) is 5.82 Å². The lowest BCUT2D eigenvalue weighted by Crippen LogP contribution is -2.04. The predicted molar refractivity (Wildman–Crippen MR) is 103 cm³/mol. The van der Waals surface area contributed by atoms with E-state index in [1.165, 1.54) is 6.07 Å². The third-order valence-electron chi connectivity index (χ3n) is 4.38. The predicted octanol–water partition coefficient (Wildman–Crippen LogP) is 5.42. The summed E-state index contributed by atoms with van der Waals surface area (Å²) in [6.07, 6.45) is -1.03. The Labute approximate surface area is 159 Å². The highest BCUT2D eigenvalue weighted by Crippen LogP contribution is 2.34. The van der Waals surface area contributed by atoms with Gasteiger partial charge in [0.1, 0.15) is 5.82 Å². The van der Waals surface area contributed by atoms with Crippen LogP contribution < -0.4 is 5.32 Å². The minimum atomic E-state index is -4.38. The molecule has 0 saturated heterocycles. The molecule has 28 heavy (non-hydrogen) atoms. The topological polar surface area (TPSA) is 50.7 Å². The highest BCUT2D eigenvalue weighted by Gasteiger charge is 2.30. The molecular weight excluding hydrogens is 365 g/mol. The molecule has 0 bridgehead atoms. The van der Waals surface area contributed by atoms with E-state index in [4.69, 9.17) is 0 Å². The zero-order valence-electron chi connectivity index (χ0n) is 14.8. The maximum atomic E-state index is 13.0. The number of rotatable bonds is 3. The smallest absolute Gasteiger partial charge is 0.373 e. The van der Waals surface area contributed by atoms with Crippen molar-refractivity contribution in [1.82, 2.24) is 15.0 Å². The summed E-state index contributed by atoms with van der Waals surface area (Å²) in [6.45, 7) is 0. The van der Waals surface area contributed by atoms with Crippen molar-refractivity contribution in [1.29, 1.82) is 0 Å². The molecular formula is C21H15F3N4. The number of aromatic nitrogens is 3. The molecule has 0 saturated carbocycles. The van der Waals surface area contributed by atoms with Gasteiger partial charge in [0.05, 0.1) is 11.1 Å². The number of fused-ring (bicyclic) bond motifs is 1. The van der Waals surface area contributed by atoms with Gasteiger partial charge in [-0.15, -0.1) is 0 Å². The lowest BCUT2D eigenvalue weighted by atomic mass is 10.0. The molecule has 0 unspecified atom stereocenters. The monoisotopic (exact) mass is 380 g/mol. The van der Waals surface area contributed by atoms with E-state index in [0.717, 1.165) is 23.1 Å². The first kappa shape index (κ1) is 17.9. The van der Waals surface area contributed by atoms with Crippen molar-refractivity contribution in [3.8, 4) is 22.5 Å². The van der Waals surface area contributed by atoms with Gasteiger partial charge in [-0.25, -0.2) is 9.97 Å². The fourth-order valence-electron chi connectivity index (χ4n) is 3.00. The number of nitrogens with one attached hydrogen (secondary N) is 1. The third-order valence-corrected chi connectivity index (χ3v) is 4.38. The van der Waals surface area contributed by atoms with Crippen LogP contribution in [0.5, 0.6) is 0 Å². The fraction of sp³-hybridized carbons (Fsp3) is 0.0952. The summed E-state index contributed by atoms with van der Waals surface area (Å²) in [5, 5.41) is 3.77. The van der Waals surface area contributed by atoms with Crippen LogP contribution in [0.4, 0.5) is 19.0 Å². The summed E-state index contributed by atoms with van der Waals surface area (Å²) in [5.41, 5.74) is 1.93. The van der Waals surface area contributed by atoms with E-state index in [2.05, 4.69) is 20.3 Å². The standard InChI is InChI=1S/C21H15F3N4/c1-25-20-17-11-14(13-4-2-6-16(10-13)21(22,23)24)7-8-18(17)27-19(28-20)15-5-3-9-26-12-15/h2-12H,1H3,(H,25,27,28). The summed E-state index contributed by atoms with van der Waals surface area (Å²) < 4.78 is 39.1. The number of anilines is 1. The largest absolute Gasteiger partial charge is 0.416 e. The number of alkyl halides is 3. The Morgan fingerprint density at radius 3 is 2.36 bits per heavy atom. The summed E-state index contributed by atoms with van der Waals surface area (Å²) in [6, 6.07) is 14.3. The molecule has 140 valence electrons. The van der Waals surface area contributed by atoms with Crippen molar-refractivity contribution in [2.24, 2.45) is 0 Å². The highest BCUT2D eigenvalue weighted by molar-refractivity contribution is 5.93. The number of hydrogen-bond donors (Lipinski definition) is 1. The first-order valence-corrected chi connectivity index (χ1v) is 8.53. The van der Waals surface area contributed by atoms with Crippen LogP contribution in [0, 0.1) is 0 Å². The van der Waals surface area contributed by atoms with Gasteiger partial charge in [0.25, 0.3) is 0 Å². The van der Waals surface area contributed by atoms with Crippen LogP contribution in [0.1, 0.15) is 5.56 Å². The van der Waals surface area contributed by atoms with Crippen LogP contribution in [-0.4, -0.2) is 22.0 Å². The Balaban J connectivity index is 1.84. The maximum Gasteiger partial charge on any atom is 0.416 e. The quantitative estimate of drug-likeness (QED) is 0.516. The summed E-state index contributed by atoms with van der Waals surface area (Å²) in [4.78, 5) is 13.2. The van der Waals surface area contributed by atoms with E-state index in [1.807, 2.05) is 6.07 Å². The average molecular weight is 380 g/mol. The van der Waals surface area contributed by atoms with Crippen molar-refractivity contribution in [3.05, 3.63) is 72.6 Å². The molecule has 1 N–H and O–H groups in total. The Morgan fingerprint density at radius 1 is 0.857 bits per heavy atom. The number of halogens is 3. The van der Waals surface area contributed by atoms with Crippen molar-refractivity contribution >= 4 is 16.7 Å². The minimum Gasteiger partial charge on any atom is -0.373 e. The molecule has 0 radical (unpaired) electrons. The molecule has 7 heteroatoms. The Morgan fingerprint density at radius 2 is 1.64 bits per heavy atom. The number of nitrogens with zero attached hydrogens (tertiary/aromatic N) is 3. The molecule has 2 aromatic carbocycles. The van der Waals surface area contributed by atoms with Crippen LogP contribution in [-0.2, 0) is 6.18 Å². The van der Waals surface area contributed by atoms with Crippen LogP contribution >= 0.6 is 0 Å². The van der Waals surface area contributed by atoms with Gasteiger partial charge in [-0.1, -0.05) is 18.2 Å². The highest BCUT2D eigenvalue weighted by atomic mass is 19.4. The summed E-state index contributed by atoms with van der Waals surface area (Å²) >= 11 is 0. The molecule has 0 spiro atoms. The second kappa shape index (κ2) is 6.92. The second-order valence-electron chi connectivity index (χ2n) is 6.20. The molecule has 0 aliphatic heterocycles. The molecule has 0 amide bonds. The SMILES string of the molecule is CNc1nc(-c2cccnc2)nc2ccc(-c3cccc(C(F)(F)F)c3)cc12. The third kappa shape index (κ3) is 3.38.